The molecule has 0 saturated heterocycles. The Morgan fingerprint density at radius 3 is 2.23 bits per heavy atom. The molecule has 0 saturated carbocycles. The van der Waals surface area contributed by atoms with Gasteiger partial charge in [0.2, 0.25) is 15.9 Å². The first-order chi connectivity index (χ1) is 10.0. The van der Waals surface area contributed by atoms with Gasteiger partial charge in [-0.3, -0.25) is 9.10 Å². The van der Waals surface area contributed by atoms with Crippen LogP contribution in [0.25, 0.3) is 0 Å². The highest BCUT2D eigenvalue weighted by molar-refractivity contribution is 7.92. The molecule has 0 aliphatic rings. The van der Waals surface area contributed by atoms with Gasteiger partial charge in [-0.1, -0.05) is 19.9 Å². The standard InChI is InChI=1S/C16H26N2O3S/c1-11(2)14(5)17-16(19)10-18(22(6,20)21)15-8-7-12(3)13(4)9-15/h7-9,11,14H,10H2,1-6H3,(H,17,19)/t14-/m0/s1. The topological polar surface area (TPSA) is 66.5 Å². The van der Waals surface area contributed by atoms with Crippen LogP contribution in [-0.4, -0.2) is 33.2 Å². The Bertz CT molecular complexity index is 639. The van der Waals surface area contributed by atoms with Crippen molar-refractivity contribution in [1.82, 2.24) is 5.32 Å². The van der Waals surface area contributed by atoms with Gasteiger partial charge < -0.3 is 5.32 Å². The fraction of sp³-hybridized carbons (Fsp3) is 0.562. The summed E-state index contributed by atoms with van der Waals surface area (Å²) >= 11 is 0. The summed E-state index contributed by atoms with van der Waals surface area (Å²) in [5.41, 5.74) is 2.58. The third-order valence-corrected chi connectivity index (χ3v) is 5.00. The summed E-state index contributed by atoms with van der Waals surface area (Å²) in [6, 6.07) is 5.36. The van der Waals surface area contributed by atoms with E-state index in [2.05, 4.69) is 5.32 Å². The van der Waals surface area contributed by atoms with Crippen LogP contribution >= 0.6 is 0 Å². The number of sulfonamides is 1. The molecule has 0 aliphatic heterocycles. The van der Waals surface area contributed by atoms with Crippen LogP contribution < -0.4 is 9.62 Å². The molecule has 0 aromatic heterocycles. The Kier molecular flexibility index (Phi) is 6.00. The molecule has 22 heavy (non-hydrogen) atoms. The maximum absolute atomic E-state index is 12.1. The van der Waals surface area contributed by atoms with Crippen LogP contribution in [-0.2, 0) is 14.8 Å². The monoisotopic (exact) mass is 326 g/mol. The van der Waals surface area contributed by atoms with Crippen molar-refractivity contribution in [2.24, 2.45) is 5.92 Å². The lowest BCUT2D eigenvalue weighted by atomic mass is 10.1. The Morgan fingerprint density at radius 1 is 1.18 bits per heavy atom. The minimum atomic E-state index is -3.53. The quantitative estimate of drug-likeness (QED) is 0.872. The molecule has 1 rings (SSSR count). The van der Waals surface area contributed by atoms with E-state index in [-0.39, 0.29) is 24.4 Å². The summed E-state index contributed by atoms with van der Waals surface area (Å²) < 4.78 is 25.2. The minimum absolute atomic E-state index is 0.00587. The first-order valence-electron chi connectivity index (χ1n) is 7.36. The van der Waals surface area contributed by atoms with E-state index >= 15 is 0 Å². The molecule has 1 N–H and O–H groups in total. The Balaban J connectivity index is 3.00. The van der Waals surface area contributed by atoms with E-state index in [1.54, 1.807) is 12.1 Å². The summed E-state index contributed by atoms with van der Waals surface area (Å²) in [6.07, 6.45) is 1.11. The number of hydrogen-bond acceptors (Lipinski definition) is 3. The van der Waals surface area contributed by atoms with Crippen molar-refractivity contribution in [2.75, 3.05) is 17.1 Å². The van der Waals surface area contributed by atoms with Crippen LogP contribution in [0, 0.1) is 19.8 Å². The molecule has 0 aliphatic carbocycles. The third-order valence-electron chi connectivity index (χ3n) is 3.85. The van der Waals surface area contributed by atoms with Crippen LogP contribution in [0.15, 0.2) is 18.2 Å². The summed E-state index contributed by atoms with van der Waals surface area (Å²) in [5.74, 6) is -0.0119. The fourth-order valence-electron chi connectivity index (χ4n) is 1.88. The van der Waals surface area contributed by atoms with E-state index in [9.17, 15) is 13.2 Å². The van der Waals surface area contributed by atoms with Crippen molar-refractivity contribution in [3.63, 3.8) is 0 Å². The fourth-order valence-corrected chi connectivity index (χ4v) is 2.73. The molecule has 0 fully saturated rings. The highest BCUT2D eigenvalue weighted by atomic mass is 32.2. The molecule has 124 valence electrons. The molecule has 0 bridgehead atoms. The summed E-state index contributed by atoms with van der Waals surface area (Å²) in [6.45, 7) is 9.58. The Hall–Kier alpha value is -1.56. The summed E-state index contributed by atoms with van der Waals surface area (Å²) in [7, 11) is -3.53. The molecule has 1 aromatic rings. The number of amides is 1. The molecule has 6 heteroatoms. The number of carbonyl (C=O) groups is 1. The van der Waals surface area contributed by atoms with Gasteiger partial charge in [0.1, 0.15) is 6.54 Å². The smallest absolute Gasteiger partial charge is 0.240 e. The zero-order valence-corrected chi connectivity index (χ0v) is 15.0. The Morgan fingerprint density at radius 2 is 1.77 bits per heavy atom. The predicted molar refractivity (Wildman–Crippen MR) is 90.5 cm³/mol. The van der Waals surface area contributed by atoms with E-state index < -0.39 is 10.0 Å². The zero-order valence-electron chi connectivity index (χ0n) is 14.2. The van der Waals surface area contributed by atoms with E-state index in [1.165, 1.54) is 0 Å². The molecule has 0 spiro atoms. The molecule has 1 aromatic carbocycles. The number of nitrogens with one attached hydrogen (secondary N) is 1. The van der Waals surface area contributed by atoms with Crippen LogP contribution in [0.3, 0.4) is 0 Å². The molecular formula is C16H26N2O3S. The average Bonchev–Trinajstić information content (AvgIpc) is 2.38. The van der Waals surface area contributed by atoms with E-state index in [0.29, 0.717) is 5.69 Å². The molecule has 5 nitrogen and oxygen atoms in total. The highest BCUT2D eigenvalue weighted by Crippen LogP contribution is 2.21. The summed E-state index contributed by atoms with van der Waals surface area (Å²) in [5, 5.41) is 2.83. The number of hydrogen-bond donors (Lipinski definition) is 1. The molecule has 0 radical (unpaired) electrons. The lowest BCUT2D eigenvalue weighted by molar-refractivity contribution is -0.120. The number of aryl methyl sites for hydroxylation is 2. The average molecular weight is 326 g/mol. The Labute approximate surface area is 133 Å². The second-order valence-electron chi connectivity index (χ2n) is 6.14. The lowest BCUT2D eigenvalue weighted by Crippen LogP contribution is -2.44. The van der Waals surface area contributed by atoms with Gasteiger partial charge in [-0.05, 0) is 49.9 Å². The van der Waals surface area contributed by atoms with Crippen molar-refractivity contribution in [2.45, 2.75) is 40.7 Å². The van der Waals surface area contributed by atoms with Crippen LogP contribution in [0.4, 0.5) is 5.69 Å². The molecule has 0 heterocycles. The van der Waals surface area contributed by atoms with Gasteiger partial charge in [0.25, 0.3) is 0 Å². The lowest BCUT2D eigenvalue weighted by Gasteiger charge is -2.24. The number of benzene rings is 1. The van der Waals surface area contributed by atoms with Gasteiger partial charge in [-0.25, -0.2) is 8.42 Å². The first kappa shape index (κ1) is 18.5. The number of carbonyl (C=O) groups excluding carboxylic acids is 1. The van der Waals surface area contributed by atoms with Crippen molar-refractivity contribution in [3.8, 4) is 0 Å². The maximum Gasteiger partial charge on any atom is 0.240 e. The molecule has 1 atom stereocenters. The third kappa shape index (κ3) is 5.02. The van der Waals surface area contributed by atoms with Gasteiger partial charge in [-0.2, -0.15) is 0 Å². The van der Waals surface area contributed by atoms with E-state index in [1.807, 2.05) is 40.7 Å². The van der Waals surface area contributed by atoms with Gasteiger partial charge in [0.05, 0.1) is 11.9 Å². The predicted octanol–water partition coefficient (Wildman–Crippen LogP) is 2.23. The number of nitrogens with zero attached hydrogens (tertiary/aromatic N) is 1. The van der Waals surface area contributed by atoms with Crippen LogP contribution in [0.5, 0.6) is 0 Å². The van der Waals surface area contributed by atoms with Crippen LogP contribution in [0.2, 0.25) is 0 Å². The van der Waals surface area contributed by atoms with Gasteiger partial charge >= 0.3 is 0 Å². The largest absolute Gasteiger partial charge is 0.352 e. The van der Waals surface area contributed by atoms with Crippen LogP contribution in [0.1, 0.15) is 31.9 Å². The van der Waals surface area contributed by atoms with Crippen molar-refractivity contribution in [3.05, 3.63) is 29.3 Å². The molecule has 0 unspecified atom stereocenters. The number of anilines is 1. The second-order valence-corrected chi connectivity index (χ2v) is 8.05. The van der Waals surface area contributed by atoms with Crippen molar-refractivity contribution < 1.29 is 13.2 Å². The van der Waals surface area contributed by atoms with Gasteiger partial charge in [-0.15, -0.1) is 0 Å². The minimum Gasteiger partial charge on any atom is -0.352 e. The van der Waals surface area contributed by atoms with Crippen molar-refractivity contribution >= 4 is 21.6 Å². The second kappa shape index (κ2) is 7.13. The van der Waals surface area contributed by atoms with E-state index in [0.717, 1.165) is 21.7 Å². The highest BCUT2D eigenvalue weighted by Gasteiger charge is 2.22. The van der Waals surface area contributed by atoms with Gasteiger partial charge in [0, 0.05) is 6.04 Å². The first-order valence-corrected chi connectivity index (χ1v) is 9.21. The van der Waals surface area contributed by atoms with E-state index in [4.69, 9.17) is 0 Å². The van der Waals surface area contributed by atoms with Crippen molar-refractivity contribution in [1.29, 1.82) is 0 Å². The molecule has 1 amide bonds. The SMILES string of the molecule is Cc1ccc(N(CC(=O)N[C@@H](C)C(C)C)S(C)(=O)=O)cc1C. The number of rotatable bonds is 6. The zero-order chi connectivity index (χ0) is 17.1. The maximum atomic E-state index is 12.1. The molecular weight excluding hydrogens is 300 g/mol. The summed E-state index contributed by atoms with van der Waals surface area (Å²) in [4.78, 5) is 12.1. The van der Waals surface area contributed by atoms with Gasteiger partial charge in [0.15, 0.2) is 0 Å². The normalized spacial score (nSPS) is 13.0.